The number of pyridine rings is 1. The molecule has 1 nitrogen and oxygen atoms in total. The highest BCUT2D eigenvalue weighted by atomic mass is 32.1. The normalized spacial score (nSPS) is 10.4. The van der Waals surface area contributed by atoms with Crippen LogP contribution in [-0.2, 0) is 0 Å². The van der Waals surface area contributed by atoms with Crippen LogP contribution in [0.3, 0.4) is 0 Å². The van der Waals surface area contributed by atoms with Crippen molar-refractivity contribution in [2.75, 3.05) is 0 Å². The van der Waals surface area contributed by atoms with Crippen LogP contribution in [0.25, 0.3) is 21.7 Å². The van der Waals surface area contributed by atoms with E-state index >= 15 is 0 Å². The van der Waals surface area contributed by atoms with Crippen molar-refractivity contribution in [1.29, 1.82) is 0 Å². The summed E-state index contributed by atoms with van der Waals surface area (Å²) in [5.41, 5.74) is 3.47. The monoisotopic (exact) mass is 237 g/mol. The summed E-state index contributed by atoms with van der Waals surface area (Å²) in [6.07, 6.45) is 1.83. The average Bonchev–Trinajstić information content (AvgIpc) is 2.94. The third-order valence-electron chi connectivity index (χ3n) is 2.65. The molecule has 3 rings (SSSR count). The molecular formula is C15H11NS. The highest BCUT2D eigenvalue weighted by Gasteiger charge is 2.07. The van der Waals surface area contributed by atoms with Gasteiger partial charge in [0, 0.05) is 22.2 Å². The molecule has 0 aliphatic rings. The molecule has 2 heterocycles. The number of thiophene rings is 1. The Bertz CT molecular complexity index is 600. The highest BCUT2D eigenvalue weighted by molar-refractivity contribution is 7.13. The van der Waals surface area contributed by atoms with E-state index < -0.39 is 0 Å². The molecule has 0 N–H and O–H groups in total. The topological polar surface area (TPSA) is 12.9 Å². The summed E-state index contributed by atoms with van der Waals surface area (Å²) in [6.45, 7) is 0. The van der Waals surface area contributed by atoms with Gasteiger partial charge in [-0.2, -0.15) is 0 Å². The first-order chi connectivity index (χ1) is 8.45. The minimum atomic E-state index is 1.02. The summed E-state index contributed by atoms with van der Waals surface area (Å²) in [6, 6.07) is 18.6. The van der Waals surface area contributed by atoms with Gasteiger partial charge in [0.1, 0.15) is 0 Å². The first kappa shape index (κ1) is 10.2. The number of hydrogen-bond donors (Lipinski definition) is 0. The summed E-state index contributed by atoms with van der Waals surface area (Å²) in [5, 5.41) is 2.10. The van der Waals surface area contributed by atoms with Crippen LogP contribution in [0.5, 0.6) is 0 Å². The van der Waals surface area contributed by atoms with Crippen molar-refractivity contribution in [1.82, 2.24) is 4.98 Å². The zero-order chi connectivity index (χ0) is 11.5. The van der Waals surface area contributed by atoms with Crippen molar-refractivity contribution in [3.63, 3.8) is 0 Å². The molecule has 0 amide bonds. The summed E-state index contributed by atoms with van der Waals surface area (Å²) in [5.74, 6) is 0. The second-order valence-corrected chi connectivity index (χ2v) is 4.69. The van der Waals surface area contributed by atoms with Crippen LogP contribution in [0.4, 0.5) is 0 Å². The van der Waals surface area contributed by atoms with Gasteiger partial charge in [-0.05, 0) is 23.6 Å². The molecule has 0 saturated carbocycles. The molecule has 0 unspecified atom stereocenters. The van der Waals surface area contributed by atoms with Gasteiger partial charge in [-0.25, -0.2) is 0 Å². The van der Waals surface area contributed by atoms with Crippen LogP contribution < -0.4 is 0 Å². The van der Waals surface area contributed by atoms with Gasteiger partial charge in [0.2, 0.25) is 0 Å². The molecule has 0 spiro atoms. The number of hydrogen-bond acceptors (Lipinski definition) is 2. The Morgan fingerprint density at radius 2 is 1.59 bits per heavy atom. The lowest BCUT2D eigenvalue weighted by Gasteiger charge is -2.06. The van der Waals surface area contributed by atoms with Crippen LogP contribution in [0.15, 0.2) is 66.2 Å². The molecule has 0 fully saturated rings. The maximum Gasteiger partial charge on any atom is 0.0708 e. The molecule has 0 saturated heterocycles. The van der Waals surface area contributed by atoms with Crippen molar-refractivity contribution in [3.8, 4) is 21.7 Å². The Hall–Kier alpha value is -1.93. The van der Waals surface area contributed by atoms with Gasteiger partial charge in [-0.15, -0.1) is 11.3 Å². The molecule has 1 aromatic carbocycles. The number of benzene rings is 1. The van der Waals surface area contributed by atoms with Gasteiger partial charge in [-0.1, -0.05) is 36.4 Å². The molecule has 0 aliphatic carbocycles. The molecule has 0 bridgehead atoms. The zero-order valence-corrected chi connectivity index (χ0v) is 10.0. The van der Waals surface area contributed by atoms with E-state index in [2.05, 4.69) is 46.8 Å². The van der Waals surface area contributed by atoms with Gasteiger partial charge in [0.25, 0.3) is 0 Å². The fraction of sp³-hybridized carbons (Fsp3) is 0. The first-order valence-electron chi connectivity index (χ1n) is 5.49. The van der Waals surface area contributed by atoms with E-state index in [1.807, 2.05) is 24.4 Å². The largest absolute Gasteiger partial charge is 0.256 e. The van der Waals surface area contributed by atoms with E-state index in [0.717, 1.165) is 5.69 Å². The van der Waals surface area contributed by atoms with E-state index in [9.17, 15) is 0 Å². The van der Waals surface area contributed by atoms with E-state index in [-0.39, 0.29) is 0 Å². The van der Waals surface area contributed by atoms with Gasteiger partial charge >= 0.3 is 0 Å². The summed E-state index contributed by atoms with van der Waals surface area (Å²) < 4.78 is 0. The third-order valence-corrected chi connectivity index (χ3v) is 3.56. The molecule has 2 aromatic heterocycles. The summed E-state index contributed by atoms with van der Waals surface area (Å²) in [7, 11) is 0. The van der Waals surface area contributed by atoms with Crippen LogP contribution >= 0.6 is 11.3 Å². The van der Waals surface area contributed by atoms with Crippen molar-refractivity contribution >= 4 is 11.3 Å². The second kappa shape index (κ2) is 4.52. The lowest BCUT2D eigenvalue weighted by Crippen LogP contribution is -1.85. The van der Waals surface area contributed by atoms with Crippen LogP contribution in [0.1, 0.15) is 0 Å². The fourth-order valence-electron chi connectivity index (χ4n) is 1.88. The molecular weight excluding hydrogens is 226 g/mol. The van der Waals surface area contributed by atoms with Gasteiger partial charge in [0.15, 0.2) is 0 Å². The van der Waals surface area contributed by atoms with E-state index in [1.54, 1.807) is 11.3 Å². The Kier molecular flexibility index (Phi) is 2.72. The molecule has 2 heteroatoms. The van der Waals surface area contributed by atoms with E-state index in [1.165, 1.54) is 16.0 Å². The lowest BCUT2D eigenvalue weighted by molar-refractivity contribution is 1.33. The zero-order valence-electron chi connectivity index (χ0n) is 9.21. The smallest absolute Gasteiger partial charge is 0.0708 e. The molecule has 0 radical (unpaired) electrons. The maximum absolute atomic E-state index is 4.42. The summed E-state index contributed by atoms with van der Waals surface area (Å²) >= 11 is 1.76. The van der Waals surface area contributed by atoms with Crippen molar-refractivity contribution in [2.24, 2.45) is 0 Å². The van der Waals surface area contributed by atoms with Gasteiger partial charge in [-0.3, -0.25) is 4.98 Å². The number of rotatable bonds is 2. The summed E-state index contributed by atoms with van der Waals surface area (Å²) in [4.78, 5) is 5.71. The number of nitrogens with zero attached hydrogens (tertiary/aromatic N) is 1. The predicted octanol–water partition coefficient (Wildman–Crippen LogP) is 4.48. The van der Waals surface area contributed by atoms with Crippen LogP contribution in [0.2, 0.25) is 0 Å². The Morgan fingerprint density at radius 1 is 0.765 bits per heavy atom. The second-order valence-electron chi connectivity index (χ2n) is 3.74. The minimum Gasteiger partial charge on any atom is -0.256 e. The number of aromatic nitrogens is 1. The Morgan fingerprint density at radius 3 is 2.29 bits per heavy atom. The molecule has 0 aliphatic heterocycles. The van der Waals surface area contributed by atoms with E-state index in [0.29, 0.717) is 0 Å². The Balaban J connectivity index is 2.18. The third kappa shape index (κ3) is 1.99. The highest BCUT2D eigenvalue weighted by Crippen LogP contribution is 2.33. The van der Waals surface area contributed by atoms with Crippen molar-refractivity contribution in [2.45, 2.75) is 0 Å². The van der Waals surface area contributed by atoms with Gasteiger partial charge in [0.05, 0.1) is 5.69 Å². The minimum absolute atomic E-state index is 1.02. The SMILES string of the molecule is c1ccc(-c2ccccc2-c2cccs2)nc1. The molecule has 3 aromatic rings. The average molecular weight is 237 g/mol. The maximum atomic E-state index is 4.42. The van der Waals surface area contributed by atoms with Crippen LogP contribution in [-0.4, -0.2) is 4.98 Å². The quantitative estimate of drug-likeness (QED) is 0.640. The van der Waals surface area contributed by atoms with Crippen LogP contribution in [0, 0.1) is 0 Å². The lowest BCUT2D eigenvalue weighted by atomic mass is 10.0. The molecule has 17 heavy (non-hydrogen) atoms. The Labute approximate surface area is 104 Å². The van der Waals surface area contributed by atoms with E-state index in [4.69, 9.17) is 0 Å². The first-order valence-corrected chi connectivity index (χ1v) is 6.37. The predicted molar refractivity (Wildman–Crippen MR) is 73.0 cm³/mol. The van der Waals surface area contributed by atoms with Crippen molar-refractivity contribution in [3.05, 3.63) is 66.2 Å². The standard InChI is InChI=1S/C15H11NS/c1-2-7-13(15-9-5-11-17-15)12(6-1)14-8-3-4-10-16-14/h1-11H. The van der Waals surface area contributed by atoms with Crippen molar-refractivity contribution < 1.29 is 0 Å². The molecule has 0 atom stereocenters. The van der Waals surface area contributed by atoms with Gasteiger partial charge < -0.3 is 0 Å². The molecule has 82 valence electrons. The fourth-order valence-corrected chi connectivity index (χ4v) is 2.64.